The molecule has 0 aliphatic carbocycles. The van der Waals surface area contributed by atoms with Crippen molar-refractivity contribution in [3.63, 3.8) is 0 Å². The summed E-state index contributed by atoms with van der Waals surface area (Å²) in [7, 11) is -3.68. The fraction of sp³-hybridized carbons (Fsp3) is 0.500. The van der Waals surface area contributed by atoms with Gasteiger partial charge in [0.15, 0.2) is 0 Å². The Morgan fingerprint density at radius 3 is 2.24 bits per heavy atom. The zero-order chi connectivity index (χ0) is 14.9. The van der Waals surface area contributed by atoms with Crippen LogP contribution in [-0.4, -0.2) is 51.4 Å². The van der Waals surface area contributed by atoms with Crippen LogP contribution in [0.2, 0.25) is 0 Å². The zero-order valence-electron chi connectivity index (χ0n) is 11.8. The van der Waals surface area contributed by atoms with Crippen LogP contribution in [0.5, 0.6) is 0 Å². The molecule has 0 atom stereocenters. The second kappa shape index (κ2) is 5.65. The van der Waals surface area contributed by atoms with Gasteiger partial charge in [0.05, 0.1) is 4.90 Å². The van der Waals surface area contributed by atoms with Gasteiger partial charge in [-0.15, -0.1) is 0 Å². The number of rotatable bonds is 3. The third-order valence-corrected chi connectivity index (χ3v) is 5.77. The standard InChI is InChI=1S/C14H19N3O3S/c18-14-2-1-9-17(14)21(19,20)13-5-3-12(4-6-13)16-10-7-15-8-11-16/h3-6,15H,1-2,7-11H2. The van der Waals surface area contributed by atoms with Crippen LogP contribution < -0.4 is 10.2 Å². The van der Waals surface area contributed by atoms with E-state index in [4.69, 9.17) is 0 Å². The first-order valence-electron chi connectivity index (χ1n) is 7.20. The van der Waals surface area contributed by atoms with Gasteiger partial charge in [-0.2, -0.15) is 0 Å². The van der Waals surface area contributed by atoms with Gasteiger partial charge in [0.2, 0.25) is 5.91 Å². The SMILES string of the molecule is O=C1CCCN1S(=O)(=O)c1ccc(N2CCNCC2)cc1. The van der Waals surface area contributed by atoms with Gasteiger partial charge in [-0.1, -0.05) is 0 Å². The molecule has 2 aliphatic heterocycles. The topological polar surface area (TPSA) is 69.7 Å². The van der Waals surface area contributed by atoms with E-state index in [1.807, 2.05) is 12.1 Å². The maximum absolute atomic E-state index is 12.4. The van der Waals surface area contributed by atoms with Gasteiger partial charge >= 0.3 is 0 Å². The lowest BCUT2D eigenvalue weighted by Gasteiger charge is -2.29. The van der Waals surface area contributed by atoms with Crippen LogP contribution >= 0.6 is 0 Å². The number of sulfonamides is 1. The minimum Gasteiger partial charge on any atom is -0.369 e. The van der Waals surface area contributed by atoms with Crippen molar-refractivity contribution in [3.8, 4) is 0 Å². The van der Waals surface area contributed by atoms with E-state index in [9.17, 15) is 13.2 Å². The lowest BCUT2D eigenvalue weighted by Crippen LogP contribution is -2.43. The Morgan fingerprint density at radius 1 is 1.00 bits per heavy atom. The summed E-state index contributed by atoms with van der Waals surface area (Å²) in [6.45, 7) is 3.98. The highest BCUT2D eigenvalue weighted by Crippen LogP contribution is 2.24. The Hall–Kier alpha value is -1.60. The van der Waals surface area contributed by atoms with E-state index in [1.165, 1.54) is 0 Å². The number of carbonyl (C=O) groups excluding carboxylic acids is 1. The second-order valence-electron chi connectivity index (χ2n) is 5.31. The van der Waals surface area contributed by atoms with E-state index < -0.39 is 10.0 Å². The predicted molar refractivity (Wildman–Crippen MR) is 79.7 cm³/mol. The molecule has 1 aromatic carbocycles. The molecule has 2 heterocycles. The molecule has 1 N–H and O–H groups in total. The molecule has 21 heavy (non-hydrogen) atoms. The molecule has 114 valence electrons. The number of piperazine rings is 1. The van der Waals surface area contributed by atoms with Crippen molar-refractivity contribution in [1.29, 1.82) is 0 Å². The Bertz CT molecular complexity index is 621. The van der Waals surface area contributed by atoms with Crippen molar-refractivity contribution in [1.82, 2.24) is 9.62 Å². The van der Waals surface area contributed by atoms with Gasteiger partial charge < -0.3 is 10.2 Å². The maximum Gasteiger partial charge on any atom is 0.266 e. The summed E-state index contributed by atoms with van der Waals surface area (Å²) in [6.07, 6.45) is 0.926. The summed E-state index contributed by atoms with van der Waals surface area (Å²) in [6, 6.07) is 6.83. The fourth-order valence-corrected chi connectivity index (χ4v) is 4.22. The van der Waals surface area contributed by atoms with Crippen LogP contribution in [0.4, 0.5) is 5.69 Å². The highest BCUT2D eigenvalue weighted by atomic mass is 32.2. The summed E-state index contributed by atoms with van der Waals surface area (Å²) >= 11 is 0. The molecule has 0 radical (unpaired) electrons. The molecule has 0 spiro atoms. The first kappa shape index (κ1) is 14.3. The average Bonchev–Trinajstić information content (AvgIpc) is 2.95. The molecule has 6 nitrogen and oxygen atoms in total. The van der Waals surface area contributed by atoms with Crippen LogP contribution in [0.15, 0.2) is 29.2 Å². The maximum atomic E-state index is 12.4. The van der Waals surface area contributed by atoms with Crippen LogP contribution in [0.25, 0.3) is 0 Å². The van der Waals surface area contributed by atoms with E-state index in [1.54, 1.807) is 12.1 Å². The largest absolute Gasteiger partial charge is 0.369 e. The lowest BCUT2D eigenvalue weighted by atomic mass is 10.2. The average molecular weight is 309 g/mol. The smallest absolute Gasteiger partial charge is 0.266 e. The first-order valence-corrected chi connectivity index (χ1v) is 8.64. The van der Waals surface area contributed by atoms with Crippen LogP contribution in [0.3, 0.4) is 0 Å². The monoisotopic (exact) mass is 309 g/mol. The minimum absolute atomic E-state index is 0.191. The lowest BCUT2D eigenvalue weighted by molar-refractivity contribution is -0.123. The number of hydrogen-bond acceptors (Lipinski definition) is 5. The quantitative estimate of drug-likeness (QED) is 0.875. The molecule has 2 fully saturated rings. The van der Waals surface area contributed by atoms with Crippen LogP contribution in [0, 0.1) is 0 Å². The Kier molecular flexibility index (Phi) is 3.86. The van der Waals surface area contributed by atoms with Gasteiger partial charge in [-0.3, -0.25) is 4.79 Å². The van der Waals surface area contributed by atoms with Crippen LogP contribution in [-0.2, 0) is 14.8 Å². The summed E-state index contributed by atoms with van der Waals surface area (Å²) in [4.78, 5) is 14.0. The van der Waals surface area contributed by atoms with Crippen LogP contribution in [0.1, 0.15) is 12.8 Å². The second-order valence-corrected chi connectivity index (χ2v) is 7.17. The van der Waals surface area contributed by atoms with Gasteiger partial charge in [0, 0.05) is 44.8 Å². The normalized spacial score (nSPS) is 20.1. The van der Waals surface area contributed by atoms with Crippen molar-refractivity contribution >= 4 is 21.6 Å². The molecule has 0 aromatic heterocycles. The first-order chi connectivity index (χ1) is 10.1. The van der Waals surface area contributed by atoms with Crippen molar-refractivity contribution in [2.45, 2.75) is 17.7 Å². The van der Waals surface area contributed by atoms with Gasteiger partial charge in [0.1, 0.15) is 0 Å². The summed E-state index contributed by atoms with van der Waals surface area (Å²) in [5.41, 5.74) is 1.02. The zero-order valence-corrected chi connectivity index (χ0v) is 12.6. The third kappa shape index (κ3) is 2.75. The van der Waals surface area contributed by atoms with Crippen molar-refractivity contribution in [2.24, 2.45) is 0 Å². The summed E-state index contributed by atoms with van der Waals surface area (Å²) < 4.78 is 25.8. The molecular formula is C14H19N3O3S. The molecule has 2 saturated heterocycles. The number of carbonyl (C=O) groups is 1. The van der Waals surface area contributed by atoms with E-state index in [0.717, 1.165) is 36.2 Å². The number of benzene rings is 1. The number of nitrogens with zero attached hydrogens (tertiary/aromatic N) is 2. The number of anilines is 1. The Labute approximate surface area is 124 Å². The third-order valence-electron chi connectivity index (χ3n) is 3.94. The van der Waals surface area contributed by atoms with Crippen molar-refractivity contribution in [3.05, 3.63) is 24.3 Å². The van der Waals surface area contributed by atoms with E-state index in [0.29, 0.717) is 19.4 Å². The molecule has 0 unspecified atom stereocenters. The number of nitrogens with one attached hydrogen (secondary N) is 1. The molecule has 1 aromatic rings. The molecule has 1 amide bonds. The van der Waals surface area contributed by atoms with E-state index in [-0.39, 0.29) is 10.8 Å². The molecule has 7 heteroatoms. The van der Waals surface area contributed by atoms with E-state index in [2.05, 4.69) is 10.2 Å². The number of amides is 1. The van der Waals surface area contributed by atoms with Crippen molar-refractivity contribution < 1.29 is 13.2 Å². The number of hydrogen-bond donors (Lipinski definition) is 1. The molecule has 3 rings (SSSR count). The summed E-state index contributed by atoms with van der Waals surface area (Å²) in [5, 5.41) is 3.28. The Balaban J connectivity index is 1.81. The summed E-state index contributed by atoms with van der Waals surface area (Å²) in [5.74, 6) is -0.304. The highest BCUT2D eigenvalue weighted by molar-refractivity contribution is 7.89. The molecular weight excluding hydrogens is 290 g/mol. The van der Waals surface area contributed by atoms with Gasteiger partial charge in [-0.25, -0.2) is 12.7 Å². The fourth-order valence-electron chi connectivity index (χ4n) is 2.76. The van der Waals surface area contributed by atoms with Gasteiger partial charge in [-0.05, 0) is 30.7 Å². The highest BCUT2D eigenvalue weighted by Gasteiger charge is 2.32. The predicted octanol–water partition coefficient (Wildman–Crippen LogP) is 0.407. The van der Waals surface area contributed by atoms with Crippen molar-refractivity contribution in [2.75, 3.05) is 37.6 Å². The molecule has 0 saturated carbocycles. The molecule has 0 bridgehead atoms. The van der Waals surface area contributed by atoms with E-state index >= 15 is 0 Å². The Morgan fingerprint density at radius 2 is 1.67 bits per heavy atom. The minimum atomic E-state index is -3.68. The molecule has 2 aliphatic rings. The van der Waals surface area contributed by atoms with Gasteiger partial charge in [0.25, 0.3) is 10.0 Å².